The molecule has 0 N–H and O–H groups in total. The molecule has 0 aromatic heterocycles. The number of likely N-dealkylation sites (N-methyl/N-ethyl adjacent to an activating group) is 1. The van der Waals surface area contributed by atoms with Crippen LogP contribution in [0.2, 0.25) is 0 Å². The molecule has 6 heteroatoms. The van der Waals surface area contributed by atoms with Crippen molar-refractivity contribution < 1.29 is 18.0 Å². The van der Waals surface area contributed by atoms with Crippen LogP contribution in [0.3, 0.4) is 0 Å². The number of amides is 1. The first-order valence-corrected chi connectivity index (χ1v) is 8.21. The zero-order chi connectivity index (χ0) is 14.9. The summed E-state index contributed by atoms with van der Waals surface area (Å²) >= 11 is 0. The molecule has 5 nitrogen and oxygen atoms in total. The van der Waals surface area contributed by atoms with Crippen molar-refractivity contribution in [1.82, 2.24) is 4.90 Å². The van der Waals surface area contributed by atoms with Gasteiger partial charge in [0.2, 0.25) is 5.78 Å². The molecule has 1 amide bonds. The second-order valence-corrected chi connectivity index (χ2v) is 7.40. The van der Waals surface area contributed by atoms with E-state index in [0.29, 0.717) is 12.0 Å². The predicted molar refractivity (Wildman–Crippen MR) is 75.3 cm³/mol. The Morgan fingerprint density at radius 2 is 1.80 bits per heavy atom. The number of nitrogens with zero attached hydrogens (tertiary/aromatic N) is 1. The molecule has 1 saturated heterocycles. The minimum atomic E-state index is -3.08. The van der Waals surface area contributed by atoms with E-state index in [4.69, 9.17) is 0 Å². The fourth-order valence-corrected chi connectivity index (χ4v) is 4.01. The fourth-order valence-electron chi connectivity index (χ4n) is 2.24. The minimum absolute atomic E-state index is 0.0591. The van der Waals surface area contributed by atoms with Crippen LogP contribution >= 0.6 is 0 Å². The molecule has 1 fully saturated rings. The van der Waals surface area contributed by atoms with Crippen LogP contribution in [0.5, 0.6) is 0 Å². The Labute approximate surface area is 118 Å². The van der Waals surface area contributed by atoms with Crippen molar-refractivity contribution in [3.8, 4) is 0 Å². The summed E-state index contributed by atoms with van der Waals surface area (Å²) in [7, 11) is -1.59. The second kappa shape index (κ2) is 5.36. The lowest BCUT2D eigenvalue weighted by atomic mass is 10.1. The number of ketones is 1. The highest BCUT2D eigenvalue weighted by atomic mass is 32.2. The Morgan fingerprint density at radius 3 is 2.30 bits per heavy atom. The number of carbonyl (C=O) groups is 2. The molecule has 20 heavy (non-hydrogen) atoms. The van der Waals surface area contributed by atoms with Crippen molar-refractivity contribution >= 4 is 21.5 Å². The Balaban J connectivity index is 2.11. The third-order valence-corrected chi connectivity index (χ3v) is 5.33. The second-order valence-electron chi connectivity index (χ2n) is 5.17. The molecule has 1 aliphatic heterocycles. The zero-order valence-corrected chi connectivity index (χ0v) is 12.3. The summed E-state index contributed by atoms with van der Waals surface area (Å²) in [6.45, 7) is 1.89. The summed E-state index contributed by atoms with van der Waals surface area (Å²) in [5.41, 5.74) is 1.33. The van der Waals surface area contributed by atoms with Crippen LogP contribution in [0.25, 0.3) is 0 Å². The van der Waals surface area contributed by atoms with Gasteiger partial charge in [-0.05, 0) is 13.3 Å². The quantitative estimate of drug-likeness (QED) is 0.611. The Kier molecular flexibility index (Phi) is 3.94. The maximum atomic E-state index is 12.1. The van der Waals surface area contributed by atoms with Gasteiger partial charge >= 0.3 is 0 Å². The maximum absolute atomic E-state index is 12.1. The number of aryl methyl sites for hydroxylation is 1. The van der Waals surface area contributed by atoms with Crippen LogP contribution < -0.4 is 0 Å². The molecule has 0 radical (unpaired) electrons. The van der Waals surface area contributed by atoms with Gasteiger partial charge in [-0.15, -0.1) is 0 Å². The van der Waals surface area contributed by atoms with E-state index in [-0.39, 0.29) is 11.5 Å². The molecule has 0 spiro atoms. The molecule has 1 aromatic carbocycles. The summed E-state index contributed by atoms with van der Waals surface area (Å²) < 4.78 is 22.8. The Bertz CT molecular complexity index is 634. The number of sulfone groups is 1. The standard InChI is InChI=1S/C14H17NO4S/c1-10-3-5-11(6-4-10)13(16)14(17)15(2)12-7-8-20(18,19)9-12/h3-6,12H,7-9H2,1-2H3. The molecule has 1 atom stereocenters. The van der Waals surface area contributed by atoms with Crippen molar-refractivity contribution in [2.24, 2.45) is 0 Å². The molecule has 1 aliphatic rings. The van der Waals surface area contributed by atoms with Crippen LogP contribution in [0.1, 0.15) is 22.3 Å². The molecule has 1 heterocycles. The van der Waals surface area contributed by atoms with Crippen LogP contribution in [-0.4, -0.2) is 49.6 Å². The van der Waals surface area contributed by atoms with Crippen LogP contribution in [0, 0.1) is 6.92 Å². The van der Waals surface area contributed by atoms with E-state index in [1.165, 1.54) is 11.9 Å². The topological polar surface area (TPSA) is 71.5 Å². The van der Waals surface area contributed by atoms with Gasteiger partial charge in [0.05, 0.1) is 11.5 Å². The van der Waals surface area contributed by atoms with Gasteiger partial charge in [-0.1, -0.05) is 29.8 Å². The molecule has 0 aliphatic carbocycles. The minimum Gasteiger partial charge on any atom is -0.335 e. The molecule has 1 unspecified atom stereocenters. The summed E-state index contributed by atoms with van der Waals surface area (Å²) in [5, 5.41) is 0. The third-order valence-electron chi connectivity index (χ3n) is 3.58. The molecule has 1 aromatic rings. The Hall–Kier alpha value is -1.69. The summed E-state index contributed by atoms with van der Waals surface area (Å²) in [6.07, 6.45) is 0.395. The van der Waals surface area contributed by atoms with E-state index in [1.54, 1.807) is 24.3 Å². The van der Waals surface area contributed by atoms with Gasteiger partial charge in [0.15, 0.2) is 9.84 Å². The van der Waals surface area contributed by atoms with Crippen LogP contribution in [0.15, 0.2) is 24.3 Å². The summed E-state index contributed by atoms with van der Waals surface area (Å²) in [4.78, 5) is 25.4. The average Bonchev–Trinajstić information content (AvgIpc) is 2.77. The highest BCUT2D eigenvalue weighted by Gasteiger charge is 2.34. The van der Waals surface area contributed by atoms with E-state index < -0.39 is 27.6 Å². The molecular weight excluding hydrogens is 278 g/mol. The lowest BCUT2D eigenvalue weighted by Crippen LogP contribution is -2.41. The van der Waals surface area contributed by atoms with Crippen LogP contribution in [0.4, 0.5) is 0 Å². The van der Waals surface area contributed by atoms with Crippen molar-refractivity contribution in [1.29, 1.82) is 0 Å². The van der Waals surface area contributed by atoms with Crippen molar-refractivity contribution in [2.75, 3.05) is 18.6 Å². The van der Waals surface area contributed by atoms with Crippen molar-refractivity contribution in [3.05, 3.63) is 35.4 Å². The average molecular weight is 295 g/mol. The van der Waals surface area contributed by atoms with Crippen molar-refractivity contribution in [2.45, 2.75) is 19.4 Å². The zero-order valence-electron chi connectivity index (χ0n) is 11.5. The van der Waals surface area contributed by atoms with Crippen molar-refractivity contribution in [3.63, 3.8) is 0 Å². The molecule has 108 valence electrons. The molecule has 2 rings (SSSR count). The van der Waals surface area contributed by atoms with E-state index >= 15 is 0 Å². The van der Waals surface area contributed by atoms with Gasteiger partial charge in [-0.25, -0.2) is 8.42 Å². The van der Waals surface area contributed by atoms with Gasteiger partial charge in [0.25, 0.3) is 5.91 Å². The first kappa shape index (κ1) is 14.7. The number of benzene rings is 1. The number of hydrogen-bond donors (Lipinski definition) is 0. The highest BCUT2D eigenvalue weighted by molar-refractivity contribution is 7.91. The maximum Gasteiger partial charge on any atom is 0.294 e. The van der Waals surface area contributed by atoms with E-state index in [9.17, 15) is 18.0 Å². The first-order valence-electron chi connectivity index (χ1n) is 6.39. The van der Waals surface area contributed by atoms with E-state index in [0.717, 1.165) is 5.56 Å². The number of carbonyl (C=O) groups excluding carboxylic acids is 2. The predicted octanol–water partition coefficient (Wildman–Crippen LogP) is 0.823. The molecule has 0 saturated carbocycles. The summed E-state index contributed by atoms with van der Waals surface area (Å²) in [5.74, 6) is -1.24. The monoisotopic (exact) mass is 295 g/mol. The van der Waals surface area contributed by atoms with E-state index in [1.807, 2.05) is 6.92 Å². The third kappa shape index (κ3) is 3.07. The largest absolute Gasteiger partial charge is 0.335 e. The van der Waals surface area contributed by atoms with Gasteiger partial charge in [-0.2, -0.15) is 0 Å². The van der Waals surface area contributed by atoms with Gasteiger partial charge in [0, 0.05) is 18.7 Å². The molecular formula is C14H17NO4S. The normalized spacial score (nSPS) is 20.6. The first-order chi connectivity index (χ1) is 9.30. The number of rotatable bonds is 3. The highest BCUT2D eigenvalue weighted by Crippen LogP contribution is 2.17. The van der Waals surface area contributed by atoms with Crippen LogP contribution in [-0.2, 0) is 14.6 Å². The van der Waals surface area contributed by atoms with Gasteiger partial charge in [-0.3, -0.25) is 9.59 Å². The smallest absolute Gasteiger partial charge is 0.294 e. The lowest BCUT2D eigenvalue weighted by Gasteiger charge is -2.22. The van der Waals surface area contributed by atoms with E-state index in [2.05, 4.69) is 0 Å². The number of hydrogen-bond acceptors (Lipinski definition) is 4. The van der Waals surface area contributed by atoms with Gasteiger partial charge in [0.1, 0.15) is 0 Å². The summed E-state index contributed by atoms with van der Waals surface area (Å²) in [6, 6.07) is 6.34. The SMILES string of the molecule is Cc1ccc(C(=O)C(=O)N(C)C2CCS(=O)(=O)C2)cc1. The Morgan fingerprint density at radius 1 is 1.20 bits per heavy atom. The molecule has 0 bridgehead atoms. The number of Topliss-reactive ketones (excluding diaryl/α,β-unsaturated/α-hetero) is 1. The fraction of sp³-hybridized carbons (Fsp3) is 0.429. The van der Waals surface area contributed by atoms with Gasteiger partial charge < -0.3 is 4.90 Å². The lowest BCUT2D eigenvalue weighted by molar-refractivity contribution is -0.126.